The molecule has 6 nitrogen and oxygen atoms in total. The summed E-state index contributed by atoms with van der Waals surface area (Å²) in [4.78, 5) is 27.6. The summed E-state index contributed by atoms with van der Waals surface area (Å²) in [6.45, 7) is 6.25. The number of nitrogens with zero attached hydrogens (tertiary/aromatic N) is 1. The summed E-state index contributed by atoms with van der Waals surface area (Å²) in [6.07, 6.45) is 0.691. The van der Waals surface area contributed by atoms with Crippen LogP contribution in [-0.4, -0.2) is 37.5 Å². The topological polar surface area (TPSA) is 67.9 Å². The fraction of sp³-hybridized carbons (Fsp3) is 0.304. The molecular formula is C23H26N2O4. The van der Waals surface area contributed by atoms with Crippen LogP contribution in [0, 0.1) is 13.8 Å². The number of nitrogens with one attached hydrogen (secondary N) is 1. The fourth-order valence-corrected chi connectivity index (χ4v) is 3.50. The predicted octanol–water partition coefficient (Wildman–Crippen LogP) is 3.92. The van der Waals surface area contributed by atoms with Crippen LogP contribution >= 0.6 is 0 Å². The van der Waals surface area contributed by atoms with E-state index in [4.69, 9.17) is 9.47 Å². The third-order valence-corrected chi connectivity index (χ3v) is 4.93. The number of carbonyl (C=O) groups excluding carboxylic acids is 2. The Bertz CT molecular complexity index is 994. The number of methoxy groups -OCH3 is 2. The molecule has 6 heteroatoms. The first kappa shape index (κ1) is 20.5. The Kier molecular flexibility index (Phi) is 5.92. The average Bonchev–Trinajstić information content (AvgIpc) is 2.93. The van der Waals surface area contributed by atoms with Crippen molar-refractivity contribution in [3.8, 4) is 11.5 Å². The van der Waals surface area contributed by atoms with E-state index >= 15 is 0 Å². The zero-order valence-corrected chi connectivity index (χ0v) is 17.5. The van der Waals surface area contributed by atoms with Crippen LogP contribution in [0.25, 0.3) is 5.57 Å². The molecule has 1 N–H and O–H groups in total. The maximum Gasteiger partial charge on any atom is 0.278 e. The zero-order chi connectivity index (χ0) is 21.1. The van der Waals surface area contributed by atoms with Crippen LogP contribution in [0.15, 0.2) is 42.1 Å². The van der Waals surface area contributed by atoms with Gasteiger partial charge in [-0.25, -0.2) is 0 Å². The number of carbonyl (C=O) groups is 2. The van der Waals surface area contributed by atoms with E-state index in [1.165, 1.54) is 4.90 Å². The summed E-state index contributed by atoms with van der Waals surface area (Å²) in [5.74, 6) is 0.548. The van der Waals surface area contributed by atoms with Crippen molar-refractivity contribution in [2.24, 2.45) is 0 Å². The number of amides is 2. The standard InChI is InChI=1S/C23H26N2O4/c1-6-11-25-22(26)20(17-9-7-14(2)12-15(17)3)21(23(25)27)24-18-10-8-16(28-4)13-19(18)29-5/h7-10,12-13,24H,6,11H2,1-5H3. The summed E-state index contributed by atoms with van der Waals surface area (Å²) in [5.41, 5.74) is 4.03. The van der Waals surface area contributed by atoms with Gasteiger partial charge in [0.15, 0.2) is 0 Å². The first-order valence-electron chi connectivity index (χ1n) is 9.58. The Morgan fingerprint density at radius 3 is 2.34 bits per heavy atom. The van der Waals surface area contributed by atoms with Gasteiger partial charge in [-0.3, -0.25) is 14.5 Å². The van der Waals surface area contributed by atoms with E-state index in [0.717, 1.165) is 16.7 Å². The molecule has 0 saturated heterocycles. The van der Waals surface area contributed by atoms with Crippen molar-refractivity contribution in [3.63, 3.8) is 0 Å². The molecule has 0 spiro atoms. The van der Waals surface area contributed by atoms with Crippen molar-refractivity contribution in [3.05, 3.63) is 58.8 Å². The van der Waals surface area contributed by atoms with E-state index in [0.29, 0.717) is 35.7 Å². The highest BCUT2D eigenvalue weighted by molar-refractivity contribution is 6.36. The van der Waals surface area contributed by atoms with Crippen LogP contribution in [-0.2, 0) is 9.59 Å². The molecule has 2 aromatic rings. The number of ether oxygens (including phenoxy) is 2. The molecule has 0 saturated carbocycles. The number of aryl methyl sites for hydroxylation is 2. The number of anilines is 1. The normalized spacial score (nSPS) is 13.9. The van der Waals surface area contributed by atoms with Gasteiger partial charge >= 0.3 is 0 Å². The third-order valence-electron chi connectivity index (χ3n) is 4.93. The molecule has 1 aliphatic rings. The molecule has 2 aromatic carbocycles. The molecule has 29 heavy (non-hydrogen) atoms. The zero-order valence-electron chi connectivity index (χ0n) is 17.5. The van der Waals surface area contributed by atoms with E-state index in [-0.39, 0.29) is 17.5 Å². The van der Waals surface area contributed by atoms with Gasteiger partial charge in [-0.1, -0.05) is 30.7 Å². The quantitative estimate of drug-likeness (QED) is 0.721. The lowest BCUT2D eigenvalue weighted by atomic mass is 9.97. The summed E-state index contributed by atoms with van der Waals surface area (Å²) in [7, 11) is 3.12. The first-order chi connectivity index (χ1) is 13.9. The largest absolute Gasteiger partial charge is 0.497 e. The highest BCUT2D eigenvalue weighted by Crippen LogP contribution is 2.36. The molecule has 2 amide bonds. The van der Waals surface area contributed by atoms with Crippen molar-refractivity contribution in [2.45, 2.75) is 27.2 Å². The van der Waals surface area contributed by atoms with Crippen molar-refractivity contribution in [2.75, 3.05) is 26.1 Å². The molecule has 0 unspecified atom stereocenters. The molecular weight excluding hydrogens is 368 g/mol. The lowest BCUT2D eigenvalue weighted by molar-refractivity contribution is -0.136. The number of hydrogen-bond donors (Lipinski definition) is 1. The smallest absolute Gasteiger partial charge is 0.278 e. The second kappa shape index (κ2) is 8.39. The van der Waals surface area contributed by atoms with E-state index < -0.39 is 0 Å². The van der Waals surface area contributed by atoms with Gasteiger partial charge in [-0.15, -0.1) is 0 Å². The maximum atomic E-state index is 13.2. The van der Waals surface area contributed by atoms with Gasteiger partial charge in [-0.05, 0) is 43.5 Å². The van der Waals surface area contributed by atoms with Crippen molar-refractivity contribution in [1.82, 2.24) is 4.90 Å². The minimum absolute atomic E-state index is 0.263. The van der Waals surface area contributed by atoms with E-state index in [2.05, 4.69) is 5.32 Å². The molecule has 1 heterocycles. The summed E-state index contributed by atoms with van der Waals surface area (Å²) in [5, 5.41) is 3.16. The Balaban J connectivity index is 2.13. The molecule has 1 aliphatic heterocycles. The molecule has 152 valence electrons. The van der Waals surface area contributed by atoms with Crippen molar-refractivity contribution < 1.29 is 19.1 Å². The van der Waals surface area contributed by atoms with Gasteiger partial charge in [-0.2, -0.15) is 0 Å². The van der Waals surface area contributed by atoms with Crippen LogP contribution in [0.1, 0.15) is 30.0 Å². The number of benzene rings is 2. The van der Waals surface area contributed by atoms with Crippen LogP contribution in [0.4, 0.5) is 5.69 Å². The first-order valence-corrected chi connectivity index (χ1v) is 9.58. The molecule has 0 bridgehead atoms. The lowest BCUT2D eigenvalue weighted by Crippen LogP contribution is -2.33. The Labute approximate surface area is 171 Å². The van der Waals surface area contributed by atoms with Gasteiger partial charge in [0.05, 0.1) is 25.5 Å². The van der Waals surface area contributed by atoms with E-state index in [9.17, 15) is 9.59 Å². The van der Waals surface area contributed by atoms with Crippen LogP contribution < -0.4 is 14.8 Å². The molecule has 3 rings (SSSR count). The fourth-order valence-electron chi connectivity index (χ4n) is 3.50. The summed E-state index contributed by atoms with van der Waals surface area (Å²) >= 11 is 0. The summed E-state index contributed by atoms with van der Waals surface area (Å²) in [6, 6.07) is 11.1. The third kappa shape index (κ3) is 3.83. The number of rotatable bonds is 7. The minimum Gasteiger partial charge on any atom is -0.497 e. The SMILES string of the molecule is CCCN1C(=O)C(Nc2ccc(OC)cc2OC)=C(c2ccc(C)cc2C)C1=O. The van der Waals surface area contributed by atoms with Crippen LogP contribution in [0.5, 0.6) is 11.5 Å². The highest BCUT2D eigenvalue weighted by atomic mass is 16.5. The lowest BCUT2D eigenvalue weighted by Gasteiger charge is -2.15. The molecule has 0 aromatic heterocycles. The summed E-state index contributed by atoms with van der Waals surface area (Å²) < 4.78 is 10.7. The second-order valence-electron chi connectivity index (χ2n) is 7.02. The molecule has 0 atom stereocenters. The molecule has 0 radical (unpaired) electrons. The monoisotopic (exact) mass is 394 g/mol. The molecule has 0 aliphatic carbocycles. The van der Waals surface area contributed by atoms with Crippen LogP contribution in [0.3, 0.4) is 0 Å². The van der Waals surface area contributed by atoms with Gasteiger partial charge < -0.3 is 14.8 Å². The van der Waals surface area contributed by atoms with E-state index in [1.54, 1.807) is 32.4 Å². The Hall–Kier alpha value is -3.28. The van der Waals surface area contributed by atoms with Gasteiger partial charge in [0, 0.05) is 12.6 Å². The Morgan fingerprint density at radius 2 is 1.72 bits per heavy atom. The van der Waals surface area contributed by atoms with Crippen LogP contribution in [0.2, 0.25) is 0 Å². The molecule has 0 fully saturated rings. The number of imide groups is 1. The Morgan fingerprint density at radius 1 is 0.966 bits per heavy atom. The maximum absolute atomic E-state index is 13.2. The van der Waals surface area contributed by atoms with Gasteiger partial charge in [0.25, 0.3) is 11.8 Å². The van der Waals surface area contributed by atoms with Gasteiger partial charge in [0.1, 0.15) is 17.2 Å². The number of hydrogen-bond acceptors (Lipinski definition) is 5. The minimum atomic E-state index is -0.329. The average molecular weight is 394 g/mol. The van der Waals surface area contributed by atoms with Crippen molar-refractivity contribution in [1.29, 1.82) is 0 Å². The van der Waals surface area contributed by atoms with Gasteiger partial charge in [0.2, 0.25) is 0 Å². The highest BCUT2D eigenvalue weighted by Gasteiger charge is 2.39. The van der Waals surface area contributed by atoms with Crippen molar-refractivity contribution >= 4 is 23.1 Å². The second-order valence-corrected chi connectivity index (χ2v) is 7.02. The van der Waals surface area contributed by atoms with E-state index in [1.807, 2.05) is 39.0 Å². The predicted molar refractivity (Wildman–Crippen MR) is 113 cm³/mol.